The highest BCUT2D eigenvalue weighted by Crippen LogP contribution is 2.37. The van der Waals surface area contributed by atoms with E-state index >= 15 is 0 Å². The number of aromatic nitrogens is 2. The Balaban J connectivity index is 1.41. The molecule has 0 unspecified atom stereocenters. The molecule has 2 amide bonds. The molecule has 1 saturated carbocycles. The molecule has 1 aliphatic heterocycles. The predicted molar refractivity (Wildman–Crippen MR) is 92.2 cm³/mol. The number of carbonyl (C=O) groups excluding carboxylic acids is 1. The minimum atomic E-state index is -0.131. The van der Waals surface area contributed by atoms with Crippen LogP contribution in [0.1, 0.15) is 43.2 Å². The third kappa shape index (κ3) is 3.42. The topological polar surface area (TPSA) is 67.4 Å². The number of nitrogens with one attached hydrogen (secondary N) is 1. The van der Waals surface area contributed by atoms with Crippen molar-refractivity contribution in [2.45, 2.75) is 37.9 Å². The van der Waals surface area contributed by atoms with Gasteiger partial charge in [0.1, 0.15) is 11.9 Å². The molecule has 7 heteroatoms. The van der Waals surface area contributed by atoms with Crippen molar-refractivity contribution in [1.29, 1.82) is 0 Å². The van der Waals surface area contributed by atoms with Crippen LogP contribution in [0.5, 0.6) is 0 Å². The van der Waals surface area contributed by atoms with Crippen LogP contribution in [0.3, 0.4) is 0 Å². The van der Waals surface area contributed by atoms with Gasteiger partial charge >= 0.3 is 6.03 Å². The lowest BCUT2D eigenvalue weighted by atomic mass is 10.1. The first-order chi connectivity index (χ1) is 11.7. The first-order valence-electron chi connectivity index (χ1n) is 8.24. The van der Waals surface area contributed by atoms with Gasteiger partial charge in [-0.1, -0.05) is 0 Å². The number of morpholine rings is 1. The Morgan fingerprint density at radius 3 is 2.79 bits per heavy atom. The Bertz CT molecular complexity index is 700. The highest BCUT2D eigenvalue weighted by atomic mass is 32.1. The van der Waals surface area contributed by atoms with Crippen molar-refractivity contribution < 1.29 is 9.53 Å². The number of hydrogen-bond acceptors (Lipinski definition) is 5. The maximum atomic E-state index is 12.6. The van der Waals surface area contributed by atoms with E-state index in [0.717, 1.165) is 11.4 Å². The highest BCUT2D eigenvalue weighted by molar-refractivity contribution is 7.07. The zero-order valence-corrected chi connectivity index (χ0v) is 14.3. The first kappa shape index (κ1) is 15.5. The number of anilines is 1. The third-order valence-corrected chi connectivity index (χ3v) is 5.03. The fourth-order valence-electron chi connectivity index (χ4n) is 2.92. The average Bonchev–Trinajstić information content (AvgIpc) is 3.29. The van der Waals surface area contributed by atoms with Crippen LogP contribution in [0.25, 0.3) is 0 Å². The summed E-state index contributed by atoms with van der Waals surface area (Å²) in [6.45, 7) is 3.12. The van der Waals surface area contributed by atoms with E-state index in [-0.39, 0.29) is 18.2 Å². The lowest BCUT2D eigenvalue weighted by molar-refractivity contribution is -0.0640. The van der Waals surface area contributed by atoms with Crippen molar-refractivity contribution in [3.8, 4) is 0 Å². The van der Waals surface area contributed by atoms with Crippen LogP contribution in [0, 0.1) is 0 Å². The van der Waals surface area contributed by atoms with Gasteiger partial charge in [0.25, 0.3) is 0 Å². The molecule has 2 atom stereocenters. The van der Waals surface area contributed by atoms with Crippen molar-refractivity contribution in [2.24, 2.45) is 0 Å². The molecule has 2 aromatic heterocycles. The fraction of sp³-hybridized carbons (Fsp3) is 0.471. The molecule has 3 heterocycles. The van der Waals surface area contributed by atoms with Crippen LogP contribution in [0.15, 0.2) is 29.2 Å². The summed E-state index contributed by atoms with van der Waals surface area (Å²) in [5, 5.41) is 7.00. The van der Waals surface area contributed by atoms with Gasteiger partial charge in [0, 0.05) is 12.5 Å². The van der Waals surface area contributed by atoms with E-state index in [1.54, 1.807) is 28.6 Å². The summed E-state index contributed by atoms with van der Waals surface area (Å²) in [4.78, 5) is 23.0. The van der Waals surface area contributed by atoms with Gasteiger partial charge in [-0.3, -0.25) is 0 Å². The van der Waals surface area contributed by atoms with Crippen molar-refractivity contribution >= 4 is 23.1 Å². The van der Waals surface area contributed by atoms with Crippen LogP contribution in [-0.4, -0.2) is 40.1 Å². The van der Waals surface area contributed by atoms with Crippen LogP contribution in [0.2, 0.25) is 0 Å². The van der Waals surface area contributed by atoms with E-state index in [0.29, 0.717) is 24.7 Å². The van der Waals surface area contributed by atoms with Gasteiger partial charge in [0.15, 0.2) is 0 Å². The second-order valence-electron chi connectivity index (χ2n) is 6.43. The van der Waals surface area contributed by atoms with E-state index in [1.165, 1.54) is 12.8 Å². The molecule has 0 bridgehead atoms. The van der Waals surface area contributed by atoms with Crippen LogP contribution >= 0.6 is 11.3 Å². The highest BCUT2D eigenvalue weighted by Gasteiger charge is 2.30. The van der Waals surface area contributed by atoms with Gasteiger partial charge in [-0.05, 0) is 42.2 Å². The number of nitrogens with zero attached hydrogens (tertiary/aromatic N) is 3. The van der Waals surface area contributed by atoms with Gasteiger partial charge < -0.3 is 15.0 Å². The smallest absolute Gasteiger partial charge is 0.322 e. The summed E-state index contributed by atoms with van der Waals surface area (Å²) in [6, 6.07) is 1.92. The van der Waals surface area contributed by atoms with Crippen molar-refractivity contribution in [3.63, 3.8) is 0 Å². The second-order valence-corrected chi connectivity index (χ2v) is 7.21. The summed E-state index contributed by atoms with van der Waals surface area (Å²) in [5.74, 6) is 1.40. The summed E-state index contributed by atoms with van der Waals surface area (Å²) < 4.78 is 5.97. The van der Waals surface area contributed by atoms with Crippen molar-refractivity contribution in [2.75, 3.05) is 18.4 Å². The standard InChI is InChI=1S/C17H20N4O2S/c1-11-8-21(9-15(23-11)13-4-5-24-10-13)17(22)20-14-6-18-16(19-7-14)12-2-3-12/h4-7,10-12,15H,2-3,8-9H2,1H3,(H,20,22)/t11-,15-/m1/s1. The number of amides is 2. The zero-order chi connectivity index (χ0) is 16.5. The quantitative estimate of drug-likeness (QED) is 0.926. The molecule has 2 aromatic rings. The van der Waals surface area contributed by atoms with Gasteiger partial charge in [0.2, 0.25) is 0 Å². The van der Waals surface area contributed by atoms with E-state index in [1.807, 2.05) is 18.4 Å². The Hall–Kier alpha value is -1.99. The van der Waals surface area contributed by atoms with E-state index in [9.17, 15) is 4.79 Å². The minimum absolute atomic E-state index is 0.00268. The number of rotatable bonds is 3. The van der Waals surface area contributed by atoms with Crippen molar-refractivity contribution in [3.05, 3.63) is 40.6 Å². The number of carbonyl (C=O) groups is 1. The molecule has 24 heavy (non-hydrogen) atoms. The van der Waals surface area contributed by atoms with E-state index in [2.05, 4.69) is 20.7 Å². The van der Waals surface area contributed by atoms with Crippen LogP contribution in [0.4, 0.5) is 10.5 Å². The first-order valence-corrected chi connectivity index (χ1v) is 9.19. The fourth-order valence-corrected chi connectivity index (χ4v) is 3.62. The van der Waals surface area contributed by atoms with E-state index < -0.39 is 0 Å². The molecule has 0 spiro atoms. The van der Waals surface area contributed by atoms with Crippen LogP contribution < -0.4 is 5.32 Å². The van der Waals surface area contributed by atoms with Gasteiger partial charge in [-0.2, -0.15) is 11.3 Å². The number of thiophene rings is 1. The largest absolute Gasteiger partial charge is 0.367 e. The summed E-state index contributed by atoms with van der Waals surface area (Å²) in [6.07, 6.45) is 5.66. The molecular weight excluding hydrogens is 324 g/mol. The Labute approximate surface area is 144 Å². The molecule has 126 valence electrons. The second kappa shape index (κ2) is 6.49. The SMILES string of the molecule is C[C@@H]1CN(C(=O)Nc2cnc(C3CC3)nc2)C[C@H](c2ccsc2)O1. The summed E-state index contributed by atoms with van der Waals surface area (Å²) in [7, 11) is 0. The molecule has 1 saturated heterocycles. The van der Waals surface area contributed by atoms with Gasteiger partial charge in [-0.15, -0.1) is 0 Å². The average molecular weight is 344 g/mol. The number of hydrogen-bond donors (Lipinski definition) is 1. The molecule has 1 N–H and O–H groups in total. The summed E-state index contributed by atoms with van der Waals surface area (Å²) >= 11 is 1.64. The third-order valence-electron chi connectivity index (χ3n) is 4.33. The lowest BCUT2D eigenvalue weighted by Gasteiger charge is -2.36. The van der Waals surface area contributed by atoms with Gasteiger partial charge in [-0.25, -0.2) is 14.8 Å². The maximum Gasteiger partial charge on any atom is 0.322 e. The number of urea groups is 1. The zero-order valence-electron chi connectivity index (χ0n) is 13.5. The molecule has 1 aliphatic carbocycles. The summed E-state index contributed by atoms with van der Waals surface area (Å²) in [5.41, 5.74) is 1.76. The van der Waals surface area contributed by atoms with Gasteiger partial charge in [0.05, 0.1) is 30.7 Å². The monoisotopic (exact) mass is 344 g/mol. The molecule has 2 aliphatic rings. The molecule has 0 aromatic carbocycles. The van der Waals surface area contributed by atoms with Crippen LogP contribution in [-0.2, 0) is 4.74 Å². The Morgan fingerprint density at radius 1 is 1.33 bits per heavy atom. The normalized spacial score (nSPS) is 24.0. The number of ether oxygens (including phenoxy) is 1. The predicted octanol–water partition coefficient (Wildman–Crippen LogP) is 3.41. The van der Waals surface area contributed by atoms with Crippen molar-refractivity contribution in [1.82, 2.24) is 14.9 Å². The van der Waals surface area contributed by atoms with E-state index in [4.69, 9.17) is 4.74 Å². The Morgan fingerprint density at radius 2 is 2.12 bits per heavy atom. The molecule has 0 radical (unpaired) electrons. The molecular formula is C17H20N4O2S. The molecule has 2 fully saturated rings. The molecule has 6 nitrogen and oxygen atoms in total. The Kier molecular flexibility index (Phi) is 4.20. The maximum absolute atomic E-state index is 12.6. The minimum Gasteiger partial charge on any atom is -0.367 e. The molecule has 4 rings (SSSR count). The lowest BCUT2D eigenvalue weighted by Crippen LogP contribution is -2.47.